The molecule has 0 amide bonds. The summed E-state index contributed by atoms with van der Waals surface area (Å²) >= 11 is 0.300. The van der Waals surface area contributed by atoms with Gasteiger partial charge in [0.2, 0.25) is 0 Å². The molecule has 0 N–H and O–H groups in total. The Morgan fingerprint density at radius 1 is 1.25 bits per heavy atom. The normalized spacial score (nSPS) is 1.00. The Balaban J connectivity index is -0.00000000500. The molecule has 0 saturated heterocycles. The average Bonchev–Trinajstić information content (AvgIpc) is 1.00. The molecule has 0 unspecified atom stereocenters. The average molecular weight is 426 g/mol. The molecule has 0 aromatic heterocycles. The van der Waals surface area contributed by atoms with Crippen LogP contribution in [0.2, 0.25) is 0 Å². The van der Waals surface area contributed by atoms with Crippen LogP contribution in [0.15, 0.2) is 0 Å². The first-order valence-electron chi connectivity index (χ1n) is 0.204. The quantitative estimate of drug-likeness (QED) is 0.478. The molecule has 0 aliphatic rings. The van der Waals surface area contributed by atoms with E-state index in [0.717, 1.165) is 0 Å². The summed E-state index contributed by atoms with van der Waals surface area (Å²) in [6.07, 6.45) is 0. The minimum absolute atomic E-state index is 0. The van der Waals surface area contributed by atoms with Crippen molar-refractivity contribution < 1.29 is 46.5 Å². The van der Waals surface area contributed by atoms with Gasteiger partial charge in [-0.3, -0.25) is 0 Å². The van der Waals surface area contributed by atoms with Crippen LogP contribution in [0.4, 0.5) is 0 Å². The summed E-state index contributed by atoms with van der Waals surface area (Å²) in [6.45, 7) is 0. The van der Waals surface area contributed by atoms with Gasteiger partial charge in [-0.2, -0.15) is 0 Å². The molecular weight excluding hydrogens is 426 g/mol. The van der Waals surface area contributed by atoms with Crippen LogP contribution in [-0.2, 0) is 46.5 Å². The van der Waals surface area contributed by atoms with Gasteiger partial charge < -0.3 is 0 Å². The molecule has 0 heterocycles. The van der Waals surface area contributed by atoms with Gasteiger partial charge in [0, 0.05) is 43.4 Å². The van der Waals surface area contributed by atoms with Gasteiger partial charge in [-0.05, 0) is 0 Å². The second-order valence-corrected chi connectivity index (χ2v) is 0. The van der Waals surface area contributed by atoms with Crippen molar-refractivity contribution in [1.82, 2.24) is 0 Å². The summed E-state index contributed by atoms with van der Waals surface area (Å²) in [5.41, 5.74) is 0. The van der Waals surface area contributed by atoms with E-state index < -0.39 is 0 Å². The van der Waals surface area contributed by atoms with Gasteiger partial charge in [-0.1, -0.05) is 0 Å². The summed E-state index contributed by atoms with van der Waals surface area (Å²) in [5.74, 6) is 0. The van der Waals surface area contributed by atoms with Gasteiger partial charge in [0.15, 0.2) is 0 Å². The Bertz CT molecular complexity index is 8.00. The van der Waals surface area contributed by atoms with Gasteiger partial charge in [0.1, 0.15) is 0 Å². The summed E-state index contributed by atoms with van der Waals surface area (Å²) in [5, 5.41) is 0. The van der Waals surface area contributed by atoms with Gasteiger partial charge in [-0.25, -0.2) is 0 Å². The second kappa shape index (κ2) is 19.8. The van der Waals surface area contributed by atoms with Crippen molar-refractivity contribution in [3.63, 3.8) is 0 Å². The van der Waals surface area contributed by atoms with Crippen molar-refractivity contribution in [2.45, 2.75) is 0 Å². The Morgan fingerprint density at radius 3 is 1.25 bits per heavy atom. The van der Waals surface area contributed by atoms with E-state index >= 15 is 0 Å². The molecule has 27 valence electrons. The van der Waals surface area contributed by atoms with Crippen LogP contribution in [0, 0.1) is 0 Å². The monoisotopic (exact) mass is 427 g/mol. The third-order valence-electron chi connectivity index (χ3n) is 0. The molecular formula is AgOSnW. The van der Waals surface area contributed by atoms with Crippen LogP contribution in [-0.4, -0.2) is 22.5 Å². The van der Waals surface area contributed by atoms with Crippen LogP contribution in [0.1, 0.15) is 0 Å². The molecule has 0 aliphatic heterocycles. The van der Waals surface area contributed by atoms with E-state index in [9.17, 15) is 0 Å². The van der Waals surface area contributed by atoms with Crippen LogP contribution in [0.3, 0.4) is 0 Å². The van der Waals surface area contributed by atoms with Crippen LogP contribution >= 0.6 is 0 Å². The third-order valence-corrected chi connectivity index (χ3v) is 0. The van der Waals surface area contributed by atoms with Crippen molar-refractivity contribution in [3.8, 4) is 0 Å². The smallest absolute Gasteiger partial charge is 0 e. The maximum Gasteiger partial charge on any atom is 0 e. The summed E-state index contributed by atoms with van der Waals surface area (Å²) < 4.78 is 8.34. The van der Waals surface area contributed by atoms with Crippen molar-refractivity contribution in [1.29, 1.82) is 0 Å². The second-order valence-electron chi connectivity index (χ2n) is 0. The summed E-state index contributed by atoms with van der Waals surface area (Å²) in [6, 6.07) is 0. The summed E-state index contributed by atoms with van der Waals surface area (Å²) in [4.78, 5) is 0. The zero-order valence-electron chi connectivity index (χ0n) is 1.62. The fourth-order valence-corrected chi connectivity index (χ4v) is 0. The molecule has 0 rings (SSSR count). The first kappa shape index (κ1) is 16.6. The van der Waals surface area contributed by atoms with Crippen LogP contribution < -0.4 is 0 Å². The standard InChI is InChI=1S/Ag.O.Sn.W. The third kappa shape index (κ3) is 8.98. The van der Waals surface area contributed by atoms with E-state index in [1.54, 1.807) is 0 Å². The van der Waals surface area contributed by atoms with E-state index in [0.29, 0.717) is 22.5 Å². The predicted octanol–water partition coefficient (Wildman–Crippen LogP) is -0.505. The largest absolute Gasteiger partial charge is 0 e. The van der Waals surface area contributed by atoms with Gasteiger partial charge >= 0.3 is 25.6 Å². The Morgan fingerprint density at radius 2 is 1.25 bits per heavy atom. The van der Waals surface area contributed by atoms with Crippen molar-refractivity contribution in [2.75, 3.05) is 0 Å². The fraction of sp³-hybridized carbons (Fsp3) is 0. The number of hydrogen-bond acceptors (Lipinski definition) is 1. The van der Waals surface area contributed by atoms with E-state index in [2.05, 4.69) is 0 Å². The first-order chi connectivity index (χ1) is 1.00. The molecule has 1 nitrogen and oxygen atoms in total. The van der Waals surface area contributed by atoms with E-state index in [-0.39, 0.29) is 43.4 Å². The van der Waals surface area contributed by atoms with Gasteiger partial charge in [0.25, 0.3) is 0 Å². The molecule has 3 radical (unpaired) electrons. The van der Waals surface area contributed by atoms with Gasteiger partial charge in [-0.15, -0.1) is 0 Å². The maximum absolute atomic E-state index is 8.34. The van der Waals surface area contributed by atoms with Crippen LogP contribution in [0.5, 0.6) is 0 Å². The molecule has 0 bridgehead atoms. The SMILES string of the molecule is [Ag].[O]=[Sn].[W]. The Labute approximate surface area is 68.2 Å². The zero-order valence-corrected chi connectivity index (χ0v) is 8.89. The molecule has 0 saturated carbocycles. The topological polar surface area (TPSA) is 17.1 Å². The maximum atomic E-state index is 8.34. The molecule has 0 aromatic carbocycles. The number of hydrogen-bond donors (Lipinski definition) is 0. The van der Waals surface area contributed by atoms with E-state index in [4.69, 9.17) is 3.08 Å². The zero-order chi connectivity index (χ0) is 2.00. The fourth-order valence-electron chi connectivity index (χ4n) is 0. The van der Waals surface area contributed by atoms with E-state index in [1.807, 2.05) is 0 Å². The van der Waals surface area contributed by atoms with Crippen molar-refractivity contribution >= 4 is 22.5 Å². The predicted molar refractivity (Wildman–Crippen MR) is 6.44 cm³/mol. The molecule has 0 spiro atoms. The summed E-state index contributed by atoms with van der Waals surface area (Å²) in [7, 11) is 0. The van der Waals surface area contributed by atoms with Crippen molar-refractivity contribution in [3.05, 3.63) is 0 Å². The molecule has 0 aliphatic carbocycles. The molecule has 0 fully saturated rings. The van der Waals surface area contributed by atoms with Crippen molar-refractivity contribution in [2.24, 2.45) is 0 Å². The minimum Gasteiger partial charge on any atom is 0 e. The Hall–Kier alpha value is 2.03. The van der Waals surface area contributed by atoms with Crippen LogP contribution in [0.25, 0.3) is 0 Å². The Kier molecular flexibility index (Phi) is 82.4. The minimum atomic E-state index is 0. The molecule has 0 aromatic rings. The van der Waals surface area contributed by atoms with E-state index in [1.165, 1.54) is 0 Å². The van der Waals surface area contributed by atoms with Gasteiger partial charge in [0.05, 0.1) is 0 Å². The number of rotatable bonds is 0. The first-order valence-corrected chi connectivity index (χ1v) is 1.37. The molecule has 4 heteroatoms. The molecule has 4 heavy (non-hydrogen) atoms. The molecule has 0 atom stereocenters.